The maximum atomic E-state index is 11.3. The van der Waals surface area contributed by atoms with E-state index in [2.05, 4.69) is 4.90 Å². The molecule has 1 saturated heterocycles. The molecule has 2 N–H and O–H groups in total. The van der Waals surface area contributed by atoms with Gasteiger partial charge in [-0.25, -0.2) is 4.79 Å². The van der Waals surface area contributed by atoms with Crippen molar-refractivity contribution in [1.82, 2.24) is 9.80 Å². The Hall–Kier alpha value is -0.810. The molecule has 0 spiro atoms. The lowest BCUT2D eigenvalue weighted by Gasteiger charge is -2.33. The van der Waals surface area contributed by atoms with E-state index in [1.807, 2.05) is 0 Å². The zero-order valence-electron chi connectivity index (χ0n) is 12.3. The van der Waals surface area contributed by atoms with Crippen molar-refractivity contribution in [2.75, 3.05) is 46.4 Å². The molecule has 1 heterocycles. The number of methoxy groups -OCH3 is 1. The van der Waals surface area contributed by atoms with E-state index in [0.29, 0.717) is 0 Å². The molecule has 1 rings (SSSR count). The zero-order valence-corrected chi connectivity index (χ0v) is 12.3. The molecule has 0 aromatic heterocycles. The number of nitrogens with zero attached hydrogens (tertiary/aromatic N) is 2. The van der Waals surface area contributed by atoms with Crippen molar-refractivity contribution < 1.29 is 9.53 Å². The normalized spacial score (nSPS) is 16.6. The molecule has 1 fully saturated rings. The van der Waals surface area contributed by atoms with E-state index in [4.69, 9.17) is 10.5 Å². The predicted octanol–water partition coefficient (Wildman–Crippen LogP) is 1.67. The number of hydrogen-bond donors (Lipinski definition) is 1. The van der Waals surface area contributed by atoms with E-state index >= 15 is 0 Å². The smallest absolute Gasteiger partial charge is 0.409 e. The molecular formula is C14H29N3O2. The summed E-state index contributed by atoms with van der Waals surface area (Å²) in [5, 5.41) is 0. The highest BCUT2D eigenvalue weighted by molar-refractivity contribution is 5.67. The average Bonchev–Trinajstić information content (AvgIpc) is 2.46. The minimum Gasteiger partial charge on any atom is -0.453 e. The minimum absolute atomic E-state index is 0.195. The molecule has 19 heavy (non-hydrogen) atoms. The maximum Gasteiger partial charge on any atom is 0.409 e. The largest absolute Gasteiger partial charge is 0.453 e. The Kier molecular flexibility index (Phi) is 8.58. The number of piperazine rings is 1. The molecule has 0 aromatic rings. The summed E-state index contributed by atoms with van der Waals surface area (Å²) in [5.41, 5.74) is 5.47. The zero-order chi connectivity index (χ0) is 13.9. The van der Waals surface area contributed by atoms with Crippen LogP contribution in [0.2, 0.25) is 0 Å². The number of carbonyl (C=O) groups is 1. The molecule has 1 aliphatic rings. The molecule has 0 atom stereocenters. The molecule has 0 bridgehead atoms. The van der Waals surface area contributed by atoms with Gasteiger partial charge in [-0.15, -0.1) is 0 Å². The van der Waals surface area contributed by atoms with Gasteiger partial charge in [0.15, 0.2) is 0 Å². The standard InChI is InChI=1S/C14H29N3O2/c1-19-14(18)17-12-10-16(11-13-17)9-7-5-3-2-4-6-8-15/h2-13,15H2,1H3. The van der Waals surface area contributed by atoms with Gasteiger partial charge in [-0.05, 0) is 25.9 Å². The summed E-state index contributed by atoms with van der Waals surface area (Å²) in [6.07, 6.45) is 7.45. The number of ether oxygens (including phenoxy) is 1. The second kappa shape index (κ2) is 10.0. The van der Waals surface area contributed by atoms with E-state index in [0.717, 1.165) is 45.7 Å². The summed E-state index contributed by atoms with van der Waals surface area (Å²) >= 11 is 0. The van der Waals surface area contributed by atoms with Gasteiger partial charge in [0.2, 0.25) is 0 Å². The predicted molar refractivity (Wildman–Crippen MR) is 77.2 cm³/mol. The van der Waals surface area contributed by atoms with Crippen molar-refractivity contribution in [2.24, 2.45) is 5.73 Å². The fraction of sp³-hybridized carbons (Fsp3) is 0.929. The molecule has 1 aliphatic heterocycles. The Morgan fingerprint density at radius 1 is 1.00 bits per heavy atom. The van der Waals surface area contributed by atoms with Crippen molar-refractivity contribution in [2.45, 2.75) is 38.5 Å². The average molecular weight is 271 g/mol. The first-order valence-corrected chi connectivity index (χ1v) is 7.53. The lowest BCUT2D eigenvalue weighted by molar-refractivity contribution is 0.0905. The number of hydrogen-bond acceptors (Lipinski definition) is 4. The third-order valence-electron chi connectivity index (χ3n) is 3.73. The number of amides is 1. The van der Waals surface area contributed by atoms with Crippen LogP contribution in [0.4, 0.5) is 4.79 Å². The Morgan fingerprint density at radius 2 is 1.58 bits per heavy atom. The van der Waals surface area contributed by atoms with Crippen molar-refractivity contribution in [3.8, 4) is 0 Å². The quantitative estimate of drug-likeness (QED) is 0.682. The number of unbranched alkanes of at least 4 members (excludes halogenated alkanes) is 5. The Balaban J connectivity index is 1.96. The molecule has 0 aliphatic carbocycles. The van der Waals surface area contributed by atoms with Crippen molar-refractivity contribution in [1.29, 1.82) is 0 Å². The molecule has 1 amide bonds. The monoisotopic (exact) mass is 271 g/mol. The van der Waals surface area contributed by atoms with Gasteiger partial charge in [0.25, 0.3) is 0 Å². The summed E-state index contributed by atoms with van der Waals surface area (Å²) in [6.45, 7) is 5.52. The second-order valence-corrected chi connectivity index (χ2v) is 5.21. The van der Waals surface area contributed by atoms with Crippen LogP contribution in [-0.4, -0.2) is 62.3 Å². The van der Waals surface area contributed by atoms with Crippen LogP contribution in [0.3, 0.4) is 0 Å². The minimum atomic E-state index is -0.195. The van der Waals surface area contributed by atoms with Gasteiger partial charge >= 0.3 is 6.09 Å². The highest BCUT2D eigenvalue weighted by Gasteiger charge is 2.20. The Morgan fingerprint density at radius 3 is 2.16 bits per heavy atom. The molecule has 5 nitrogen and oxygen atoms in total. The highest BCUT2D eigenvalue weighted by Crippen LogP contribution is 2.08. The molecule has 0 saturated carbocycles. The lowest BCUT2D eigenvalue weighted by Crippen LogP contribution is -2.48. The summed E-state index contributed by atoms with van der Waals surface area (Å²) in [4.78, 5) is 15.6. The van der Waals surface area contributed by atoms with Gasteiger partial charge in [0, 0.05) is 26.2 Å². The van der Waals surface area contributed by atoms with Crippen LogP contribution in [0.5, 0.6) is 0 Å². The van der Waals surface area contributed by atoms with Crippen LogP contribution in [0, 0.1) is 0 Å². The summed E-state index contributed by atoms with van der Waals surface area (Å²) in [6, 6.07) is 0. The lowest BCUT2D eigenvalue weighted by atomic mass is 10.1. The molecule has 5 heteroatoms. The summed E-state index contributed by atoms with van der Waals surface area (Å²) in [5.74, 6) is 0. The van der Waals surface area contributed by atoms with Crippen molar-refractivity contribution in [3.63, 3.8) is 0 Å². The summed E-state index contributed by atoms with van der Waals surface area (Å²) in [7, 11) is 1.44. The molecule has 112 valence electrons. The van der Waals surface area contributed by atoms with E-state index in [1.54, 1.807) is 4.90 Å². The van der Waals surface area contributed by atoms with Crippen LogP contribution < -0.4 is 5.73 Å². The molecule has 0 aromatic carbocycles. The van der Waals surface area contributed by atoms with Crippen molar-refractivity contribution in [3.05, 3.63) is 0 Å². The maximum absolute atomic E-state index is 11.3. The van der Waals surface area contributed by atoms with Crippen LogP contribution in [-0.2, 0) is 4.74 Å². The molecule has 0 radical (unpaired) electrons. The van der Waals surface area contributed by atoms with Crippen LogP contribution >= 0.6 is 0 Å². The Bertz CT molecular complexity index is 241. The van der Waals surface area contributed by atoms with Crippen LogP contribution in [0.25, 0.3) is 0 Å². The first kappa shape index (κ1) is 16.2. The number of rotatable bonds is 8. The molecule has 0 unspecified atom stereocenters. The second-order valence-electron chi connectivity index (χ2n) is 5.21. The molecular weight excluding hydrogens is 242 g/mol. The number of nitrogens with two attached hydrogens (primary N) is 1. The first-order chi connectivity index (χ1) is 9.27. The van der Waals surface area contributed by atoms with Crippen LogP contribution in [0.15, 0.2) is 0 Å². The topological polar surface area (TPSA) is 58.8 Å². The van der Waals surface area contributed by atoms with Gasteiger partial charge in [-0.3, -0.25) is 4.90 Å². The van der Waals surface area contributed by atoms with Gasteiger partial charge in [0.05, 0.1) is 7.11 Å². The summed E-state index contributed by atoms with van der Waals surface area (Å²) < 4.78 is 4.73. The van der Waals surface area contributed by atoms with E-state index in [9.17, 15) is 4.79 Å². The van der Waals surface area contributed by atoms with Gasteiger partial charge in [0.1, 0.15) is 0 Å². The SMILES string of the molecule is COC(=O)N1CCN(CCCCCCCCN)CC1. The van der Waals surface area contributed by atoms with Gasteiger partial charge in [-0.2, -0.15) is 0 Å². The highest BCUT2D eigenvalue weighted by atomic mass is 16.5. The third-order valence-corrected chi connectivity index (χ3v) is 3.73. The third kappa shape index (κ3) is 6.78. The number of carbonyl (C=O) groups excluding carboxylic acids is 1. The Labute approximate surface area is 117 Å². The van der Waals surface area contributed by atoms with Crippen molar-refractivity contribution >= 4 is 6.09 Å². The van der Waals surface area contributed by atoms with E-state index in [1.165, 1.54) is 39.2 Å². The van der Waals surface area contributed by atoms with E-state index in [-0.39, 0.29) is 6.09 Å². The fourth-order valence-electron chi connectivity index (χ4n) is 2.47. The first-order valence-electron chi connectivity index (χ1n) is 7.53. The van der Waals surface area contributed by atoms with E-state index < -0.39 is 0 Å². The van der Waals surface area contributed by atoms with Gasteiger partial charge in [-0.1, -0.05) is 25.7 Å². The fourth-order valence-corrected chi connectivity index (χ4v) is 2.47. The van der Waals surface area contributed by atoms with Gasteiger partial charge < -0.3 is 15.4 Å². The van der Waals surface area contributed by atoms with Crippen LogP contribution in [0.1, 0.15) is 38.5 Å².